The molecule has 0 aliphatic rings. The van der Waals surface area contributed by atoms with Crippen molar-refractivity contribution in [1.29, 1.82) is 0 Å². The molecule has 0 aliphatic heterocycles. The Bertz CT molecular complexity index is 1270. The normalized spacial score (nSPS) is 10.6. The zero-order valence-corrected chi connectivity index (χ0v) is 19.7. The van der Waals surface area contributed by atoms with Gasteiger partial charge in [-0.05, 0) is 30.3 Å². The van der Waals surface area contributed by atoms with E-state index in [0.717, 1.165) is 5.39 Å². The minimum Gasteiger partial charge on any atom is -0.493 e. The van der Waals surface area contributed by atoms with E-state index < -0.39 is 0 Å². The van der Waals surface area contributed by atoms with Gasteiger partial charge in [0.05, 0.1) is 37.3 Å². The van der Waals surface area contributed by atoms with Gasteiger partial charge in [0.25, 0.3) is 5.91 Å². The van der Waals surface area contributed by atoms with E-state index in [1.54, 1.807) is 49.8 Å². The van der Waals surface area contributed by atoms with Crippen molar-refractivity contribution in [2.24, 2.45) is 0 Å². The van der Waals surface area contributed by atoms with E-state index in [1.807, 2.05) is 6.07 Å². The van der Waals surface area contributed by atoms with Crippen molar-refractivity contribution in [2.45, 2.75) is 0 Å². The van der Waals surface area contributed by atoms with Gasteiger partial charge >= 0.3 is 0 Å². The van der Waals surface area contributed by atoms with E-state index in [2.05, 4.69) is 46.5 Å². The zero-order valence-electron chi connectivity index (χ0n) is 17.4. The number of rotatable bonds is 8. The van der Waals surface area contributed by atoms with E-state index in [0.29, 0.717) is 51.0 Å². The van der Waals surface area contributed by atoms with Gasteiger partial charge in [-0.3, -0.25) is 10.1 Å². The van der Waals surface area contributed by atoms with Gasteiger partial charge in [-0.15, -0.1) is 0 Å². The van der Waals surface area contributed by atoms with Crippen LogP contribution in [0.15, 0.2) is 55.1 Å². The summed E-state index contributed by atoms with van der Waals surface area (Å²) in [7, 11) is 1.57. The van der Waals surface area contributed by atoms with Crippen LogP contribution in [0.4, 0.5) is 17.5 Å². The number of hydrogen-bond donors (Lipinski definition) is 2. The molecule has 168 valence electrons. The summed E-state index contributed by atoms with van der Waals surface area (Å²) in [4.78, 5) is 29.3. The molecule has 33 heavy (non-hydrogen) atoms. The van der Waals surface area contributed by atoms with E-state index in [1.165, 1.54) is 6.33 Å². The summed E-state index contributed by atoms with van der Waals surface area (Å²) < 4.78 is 11.2. The number of amides is 1. The topological polar surface area (TPSA) is 111 Å². The average Bonchev–Trinajstić information content (AvgIpc) is 2.84. The summed E-state index contributed by atoms with van der Waals surface area (Å²) in [6, 6.07) is 10.1. The molecule has 9 nitrogen and oxygen atoms in total. The molecule has 0 fully saturated rings. The molecule has 0 saturated heterocycles. The van der Waals surface area contributed by atoms with Crippen molar-refractivity contribution in [3.8, 4) is 11.5 Å². The van der Waals surface area contributed by atoms with Crippen LogP contribution < -0.4 is 20.1 Å². The standard InChI is InChI=1S/C22H18BrClN6O3/c1-32-18-8-16-17(9-19(18)33-7-6-23)27-12-28-20(16)29-15-10-25-22(26-11-15)30-21(31)13-2-4-14(24)5-3-13/h2-5,8-12H,6-7H2,1H3,(H,27,28,29)(H,25,26,30,31). The highest BCUT2D eigenvalue weighted by molar-refractivity contribution is 9.09. The summed E-state index contributed by atoms with van der Waals surface area (Å²) >= 11 is 9.20. The first-order chi connectivity index (χ1) is 16.1. The molecule has 0 saturated carbocycles. The molecule has 0 unspecified atom stereocenters. The largest absolute Gasteiger partial charge is 0.493 e. The van der Waals surface area contributed by atoms with Gasteiger partial charge in [-0.2, -0.15) is 0 Å². The maximum absolute atomic E-state index is 12.3. The molecular formula is C22H18BrClN6O3. The maximum Gasteiger partial charge on any atom is 0.258 e. The number of anilines is 3. The number of ether oxygens (including phenoxy) is 2. The predicted octanol–water partition coefficient (Wildman–Crippen LogP) is 4.85. The number of fused-ring (bicyclic) bond motifs is 1. The number of nitrogens with zero attached hydrogens (tertiary/aromatic N) is 4. The number of hydrogen-bond acceptors (Lipinski definition) is 8. The molecule has 2 aromatic heterocycles. The Balaban J connectivity index is 1.52. The Hall–Kier alpha value is -3.50. The first kappa shape index (κ1) is 22.7. The number of carbonyl (C=O) groups excluding carboxylic acids is 1. The zero-order chi connectivity index (χ0) is 23.2. The Kier molecular flexibility index (Phi) is 7.16. The van der Waals surface area contributed by atoms with Crippen molar-refractivity contribution >= 4 is 61.8 Å². The Morgan fingerprint density at radius 2 is 1.82 bits per heavy atom. The predicted molar refractivity (Wildman–Crippen MR) is 130 cm³/mol. The Morgan fingerprint density at radius 3 is 2.52 bits per heavy atom. The van der Waals surface area contributed by atoms with E-state index >= 15 is 0 Å². The van der Waals surface area contributed by atoms with Gasteiger partial charge in [-0.25, -0.2) is 19.9 Å². The van der Waals surface area contributed by atoms with Gasteiger partial charge in [0.2, 0.25) is 5.95 Å². The second-order valence-electron chi connectivity index (χ2n) is 6.66. The third kappa shape index (κ3) is 5.47. The molecule has 4 aromatic rings. The number of benzene rings is 2. The number of methoxy groups -OCH3 is 1. The first-order valence-electron chi connectivity index (χ1n) is 9.75. The summed E-state index contributed by atoms with van der Waals surface area (Å²) in [6.07, 6.45) is 4.54. The lowest BCUT2D eigenvalue weighted by Gasteiger charge is -2.13. The lowest BCUT2D eigenvalue weighted by atomic mass is 10.2. The Morgan fingerprint density at radius 1 is 1.06 bits per heavy atom. The maximum atomic E-state index is 12.3. The van der Waals surface area contributed by atoms with Gasteiger partial charge in [-0.1, -0.05) is 27.5 Å². The highest BCUT2D eigenvalue weighted by Crippen LogP contribution is 2.34. The lowest BCUT2D eigenvalue weighted by molar-refractivity contribution is 0.102. The van der Waals surface area contributed by atoms with Gasteiger partial charge in [0.1, 0.15) is 12.1 Å². The number of carbonyl (C=O) groups is 1. The molecule has 4 rings (SSSR count). The summed E-state index contributed by atoms with van der Waals surface area (Å²) in [5.41, 5.74) is 1.72. The summed E-state index contributed by atoms with van der Waals surface area (Å²) in [5.74, 6) is 1.55. The molecule has 11 heteroatoms. The van der Waals surface area contributed by atoms with Crippen molar-refractivity contribution < 1.29 is 14.3 Å². The molecule has 0 bridgehead atoms. The molecule has 1 amide bonds. The van der Waals surface area contributed by atoms with Crippen LogP contribution in [0.2, 0.25) is 5.02 Å². The van der Waals surface area contributed by atoms with E-state index in [-0.39, 0.29) is 11.9 Å². The molecule has 2 aromatic carbocycles. The minimum absolute atomic E-state index is 0.170. The molecule has 0 radical (unpaired) electrons. The SMILES string of the molecule is COc1cc2c(Nc3cnc(NC(=O)c4ccc(Cl)cc4)nc3)ncnc2cc1OCCBr. The Labute approximate surface area is 202 Å². The fourth-order valence-corrected chi connectivity index (χ4v) is 3.24. The number of nitrogens with one attached hydrogen (secondary N) is 2. The van der Waals surface area contributed by atoms with Crippen molar-refractivity contribution in [2.75, 3.05) is 29.7 Å². The van der Waals surface area contributed by atoms with Crippen LogP contribution in [-0.4, -0.2) is 44.9 Å². The average molecular weight is 530 g/mol. The highest BCUT2D eigenvalue weighted by Gasteiger charge is 2.13. The highest BCUT2D eigenvalue weighted by atomic mass is 79.9. The van der Waals surface area contributed by atoms with E-state index in [4.69, 9.17) is 21.1 Å². The third-order valence-corrected chi connectivity index (χ3v) is 5.08. The summed E-state index contributed by atoms with van der Waals surface area (Å²) in [5, 5.41) is 7.80. The molecular weight excluding hydrogens is 512 g/mol. The number of alkyl halides is 1. The quantitative estimate of drug-likeness (QED) is 0.312. The van der Waals surface area contributed by atoms with Crippen molar-refractivity contribution in [3.05, 3.63) is 65.7 Å². The number of aromatic nitrogens is 4. The second kappa shape index (κ2) is 10.4. The first-order valence-corrected chi connectivity index (χ1v) is 11.2. The smallest absolute Gasteiger partial charge is 0.258 e. The van der Waals surface area contributed by atoms with Gasteiger partial charge in [0.15, 0.2) is 11.5 Å². The monoisotopic (exact) mass is 528 g/mol. The molecule has 2 heterocycles. The minimum atomic E-state index is -0.334. The van der Waals surface area contributed by atoms with Crippen LogP contribution in [0.25, 0.3) is 10.9 Å². The van der Waals surface area contributed by atoms with Gasteiger partial charge in [0, 0.05) is 27.4 Å². The molecule has 2 N–H and O–H groups in total. The van der Waals surface area contributed by atoms with Crippen LogP contribution >= 0.6 is 27.5 Å². The van der Waals surface area contributed by atoms with E-state index in [9.17, 15) is 4.79 Å². The summed E-state index contributed by atoms with van der Waals surface area (Å²) in [6.45, 7) is 0.496. The van der Waals surface area contributed by atoms with Crippen LogP contribution in [0.1, 0.15) is 10.4 Å². The third-order valence-electron chi connectivity index (χ3n) is 4.50. The van der Waals surface area contributed by atoms with Crippen LogP contribution in [-0.2, 0) is 0 Å². The van der Waals surface area contributed by atoms with Gasteiger partial charge < -0.3 is 14.8 Å². The molecule has 0 aliphatic carbocycles. The fraction of sp³-hybridized carbons (Fsp3) is 0.136. The lowest BCUT2D eigenvalue weighted by Crippen LogP contribution is -2.14. The second-order valence-corrected chi connectivity index (χ2v) is 7.89. The molecule has 0 spiro atoms. The number of halogens is 2. The fourth-order valence-electron chi connectivity index (χ4n) is 2.95. The van der Waals surface area contributed by atoms with Crippen molar-refractivity contribution in [1.82, 2.24) is 19.9 Å². The van der Waals surface area contributed by atoms with Crippen molar-refractivity contribution in [3.63, 3.8) is 0 Å². The van der Waals surface area contributed by atoms with Crippen LogP contribution in [0.5, 0.6) is 11.5 Å². The van der Waals surface area contributed by atoms with Crippen LogP contribution in [0, 0.1) is 0 Å². The molecule has 0 atom stereocenters. The van der Waals surface area contributed by atoms with Crippen LogP contribution in [0.3, 0.4) is 0 Å².